The molecule has 0 atom stereocenters. The summed E-state index contributed by atoms with van der Waals surface area (Å²) >= 11 is 10.3. The van der Waals surface area contributed by atoms with E-state index in [-0.39, 0.29) is 0 Å². The number of furan rings is 1. The molecule has 7 heteroatoms. The third-order valence-corrected chi connectivity index (χ3v) is 3.02. The quantitative estimate of drug-likeness (QED) is 0.512. The van der Waals surface area contributed by atoms with Crippen molar-refractivity contribution in [3.63, 3.8) is 0 Å². The number of benzene rings is 1. The summed E-state index contributed by atoms with van der Waals surface area (Å²) in [6.45, 7) is 2.53. The fraction of sp³-hybridized carbons (Fsp3) is 0.143. The molecule has 0 fully saturated rings. The van der Waals surface area contributed by atoms with Gasteiger partial charge in [-0.3, -0.25) is 10.9 Å². The Labute approximate surface area is 134 Å². The predicted molar refractivity (Wildman–Crippen MR) is 91.8 cm³/mol. The molecule has 0 aliphatic rings. The molecule has 5 nitrogen and oxygen atoms in total. The molecule has 0 aliphatic carbocycles. The number of hydrogen-bond acceptors (Lipinski definition) is 3. The summed E-state index contributed by atoms with van der Waals surface area (Å²) in [7, 11) is 0. The molecule has 0 spiro atoms. The fourth-order valence-electron chi connectivity index (χ4n) is 1.62. The molecular weight excluding hydrogens is 304 g/mol. The molecule has 4 N–H and O–H groups in total. The summed E-state index contributed by atoms with van der Waals surface area (Å²) < 4.78 is 5.19. The van der Waals surface area contributed by atoms with Gasteiger partial charge in [-0.15, -0.1) is 0 Å². The lowest BCUT2D eigenvalue weighted by Crippen LogP contribution is -2.47. The van der Waals surface area contributed by atoms with Gasteiger partial charge < -0.3 is 15.1 Å². The van der Waals surface area contributed by atoms with Crippen molar-refractivity contribution in [2.24, 2.45) is 0 Å². The average molecular weight is 320 g/mol. The van der Waals surface area contributed by atoms with Gasteiger partial charge in [0.15, 0.2) is 10.2 Å². The van der Waals surface area contributed by atoms with Gasteiger partial charge in [-0.05, 0) is 61.2 Å². The number of thiocarbonyl (C=S) groups is 2. The summed E-state index contributed by atoms with van der Waals surface area (Å²) in [6, 6.07) is 11.6. The van der Waals surface area contributed by atoms with Crippen LogP contribution in [0.2, 0.25) is 0 Å². The lowest BCUT2D eigenvalue weighted by Gasteiger charge is -2.14. The fourth-order valence-corrected chi connectivity index (χ4v) is 1.92. The third kappa shape index (κ3) is 5.41. The van der Waals surface area contributed by atoms with Crippen molar-refractivity contribution in [2.75, 3.05) is 5.32 Å². The van der Waals surface area contributed by atoms with Crippen LogP contribution >= 0.6 is 24.4 Å². The van der Waals surface area contributed by atoms with Crippen LogP contribution in [0.3, 0.4) is 0 Å². The van der Waals surface area contributed by atoms with Crippen LogP contribution in [0.15, 0.2) is 47.1 Å². The molecule has 1 heterocycles. The molecule has 0 aliphatic heterocycles. The summed E-state index contributed by atoms with van der Waals surface area (Å²) in [5, 5.41) is 6.91. The molecule has 110 valence electrons. The predicted octanol–water partition coefficient (Wildman–Crippen LogP) is 2.45. The van der Waals surface area contributed by atoms with E-state index in [4.69, 9.17) is 28.9 Å². The highest BCUT2D eigenvalue weighted by atomic mass is 32.1. The molecule has 0 unspecified atom stereocenters. The van der Waals surface area contributed by atoms with Gasteiger partial charge in [-0.25, -0.2) is 0 Å². The van der Waals surface area contributed by atoms with Crippen LogP contribution in [0.1, 0.15) is 11.3 Å². The number of hydrazine groups is 1. The van der Waals surface area contributed by atoms with Gasteiger partial charge in [-0.1, -0.05) is 12.1 Å². The normalized spacial score (nSPS) is 9.76. The average Bonchev–Trinajstić information content (AvgIpc) is 2.96. The Morgan fingerprint density at radius 1 is 1.10 bits per heavy atom. The smallest absolute Gasteiger partial charge is 0.189 e. The van der Waals surface area contributed by atoms with E-state index in [0.717, 1.165) is 17.0 Å². The van der Waals surface area contributed by atoms with Crippen molar-refractivity contribution in [2.45, 2.75) is 13.5 Å². The molecule has 0 bridgehead atoms. The Morgan fingerprint density at radius 2 is 1.90 bits per heavy atom. The van der Waals surface area contributed by atoms with Gasteiger partial charge in [0, 0.05) is 5.69 Å². The second-order valence-corrected chi connectivity index (χ2v) is 5.15. The number of aryl methyl sites for hydroxylation is 1. The lowest BCUT2D eigenvalue weighted by atomic mass is 10.2. The summed E-state index contributed by atoms with van der Waals surface area (Å²) in [5.74, 6) is 0.805. The van der Waals surface area contributed by atoms with Crippen LogP contribution in [0.25, 0.3) is 0 Å². The third-order valence-electron chi connectivity index (χ3n) is 2.57. The van der Waals surface area contributed by atoms with Crippen molar-refractivity contribution in [1.29, 1.82) is 0 Å². The van der Waals surface area contributed by atoms with Gasteiger partial charge in [0.05, 0.1) is 12.8 Å². The van der Waals surface area contributed by atoms with Gasteiger partial charge in [0.25, 0.3) is 0 Å². The van der Waals surface area contributed by atoms with E-state index in [2.05, 4.69) is 21.5 Å². The zero-order chi connectivity index (χ0) is 15.1. The molecule has 0 amide bonds. The van der Waals surface area contributed by atoms with Gasteiger partial charge in [0.2, 0.25) is 0 Å². The maximum atomic E-state index is 5.19. The van der Waals surface area contributed by atoms with Crippen LogP contribution in [0.5, 0.6) is 0 Å². The Kier molecular flexibility index (Phi) is 5.53. The molecular formula is C14H16N4OS2. The minimum absolute atomic E-state index is 0.430. The molecule has 0 saturated heterocycles. The first kappa shape index (κ1) is 15.3. The van der Waals surface area contributed by atoms with Crippen molar-refractivity contribution in [1.82, 2.24) is 16.2 Å². The summed E-state index contributed by atoms with van der Waals surface area (Å²) in [6.07, 6.45) is 1.62. The molecule has 21 heavy (non-hydrogen) atoms. The maximum absolute atomic E-state index is 5.19. The number of nitrogens with one attached hydrogen (secondary N) is 4. The van der Waals surface area contributed by atoms with Crippen molar-refractivity contribution < 1.29 is 4.42 Å². The Hall–Kier alpha value is -2.12. The number of rotatable bonds is 3. The van der Waals surface area contributed by atoms with Crippen molar-refractivity contribution in [3.05, 3.63) is 54.0 Å². The van der Waals surface area contributed by atoms with E-state index in [0.29, 0.717) is 16.8 Å². The SMILES string of the molecule is Cc1cccc(NC(=S)NNC(=S)NCc2ccco2)c1. The number of hydrogen-bond donors (Lipinski definition) is 4. The molecule has 0 radical (unpaired) electrons. The minimum Gasteiger partial charge on any atom is -0.467 e. The standard InChI is InChI=1S/C14H16N4OS2/c1-10-4-2-5-11(8-10)16-14(21)18-17-13(20)15-9-12-6-3-7-19-12/h2-8H,9H2,1H3,(H2,15,17,20)(H2,16,18,21). The highest BCUT2D eigenvalue weighted by Gasteiger charge is 2.00. The lowest BCUT2D eigenvalue weighted by molar-refractivity contribution is 0.502. The largest absolute Gasteiger partial charge is 0.467 e. The summed E-state index contributed by atoms with van der Waals surface area (Å²) in [5.41, 5.74) is 7.70. The second kappa shape index (κ2) is 7.61. The van der Waals surface area contributed by atoms with Crippen LogP contribution < -0.4 is 21.5 Å². The summed E-state index contributed by atoms with van der Waals surface area (Å²) in [4.78, 5) is 0. The minimum atomic E-state index is 0.430. The second-order valence-electron chi connectivity index (χ2n) is 4.34. The van der Waals surface area contributed by atoms with Gasteiger partial charge in [-0.2, -0.15) is 0 Å². The first-order valence-corrected chi connectivity index (χ1v) is 7.15. The topological polar surface area (TPSA) is 61.3 Å². The van der Waals surface area contributed by atoms with Crippen LogP contribution in [0.4, 0.5) is 5.69 Å². The van der Waals surface area contributed by atoms with E-state index in [1.54, 1.807) is 6.26 Å². The monoisotopic (exact) mass is 320 g/mol. The molecule has 2 aromatic rings. The van der Waals surface area contributed by atoms with Gasteiger partial charge in [0.1, 0.15) is 5.76 Å². The Bertz CT molecular complexity index is 613. The van der Waals surface area contributed by atoms with E-state index < -0.39 is 0 Å². The van der Waals surface area contributed by atoms with E-state index in [1.807, 2.05) is 43.3 Å². The highest BCUT2D eigenvalue weighted by molar-refractivity contribution is 7.80. The van der Waals surface area contributed by atoms with Gasteiger partial charge >= 0.3 is 0 Å². The van der Waals surface area contributed by atoms with Crippen LogP contribution in [0, 0.1) is 6.92 Å². The first-order valence-electron chi connectivity index (χ1n) is 6.33. The van der Waals surface area contributed by atoms with E-state index >= 15 is 0 Å². The van der Waals surface area contributed by atoms with Crippen molar-refractivity contribution >= 4 is 40.3 Å². The zero-order valence-corrected chi connectivity index (χ0v) is 13.1. The van der Waals surface area contributed by atoms with Crippen LogP contribution in [-0.4, -0.2) is 10.2 Å². The molecule has 1 aromatic heterocycles. The molecule has 2 rings (SSSR count). The zero-order valence-electron chi connectivity index (χ0n) is 11.5. The highest BCUT2D eigenvalue weighted by Crippen LogP contribution is 2.08. The molecule has 1 aromatic carbocycles. The number of anilines is 1. The van der Waals surface area contributed by atoms with Crippen molar-refractivity contribution in [3.8, 4) is 0 Å². The van der Waals surface area contributed by atoms with Crippen LogP contribution in [-0.2, 0) is 6.54 Å². The van der Waals surface area contributed by atoms with E-state index in [9.17, 15) is 0 Å². The maximum Gasteiger partial charge on any atom is 0.189 e. The first-order chi connectivity index (χ1) is 10.1. The molecule has 0 saturated carbocycles. The Balaban J connectivity index is 1.69. The van der Waals surface area contributed by atoms with E-state index in [1.165, 1.54) is 0 Å². The Morgan fingerprint density at radius 3 is 2.62 bits per heavy atom.